The van der Waals surface area contributed by atoms with Crippen molar-refractivity contribution >= 4 is 50.9 Å². The zero-order valence-electron chi connectivity index (χ0n) is 25.0. The van der Waals surface area contributed by atoms with Crippen LogP contribution in [0.25, 0.3) is 6.08 Å². The number of hydrogen-bond donors (Lipinski definition) is 0. The van der Waals surface area contributed by atoms with Crippen molar-refractivity contribution in [3.8, 4) is 11.5 Å². The molecule has 10 heteroatoms. The molecule has 1 aliphatic heterocycles. The molecule has 0 unspecified atom stereocenters. The van der Waals surface area contributed by atoms with E-state index >= 15 is 0 Å². The quantitative estimate of drug-likeness (QED) is 0.178. The molecule has 7 nitrogen and oxygen atoms in total. The van der Waals surface area contributed by atoms with Gasteiger partial charge in [-0.2, -0.15) is 0 Å². The maximum absolute atomic E-state index is 14.1. The summed E-state index contributed by atoms with van der Waals surface area (Å²) >= 11 is 11.5. The van der Waals surface area contributed by atoms with Gasteiger partial charge in [-0.1, -0.05) is 71.0 Å². The number of allylic oxidation sites excluding steroid dienone is 1. The normalized spacial score (nSPS) is 14.8. The number of aromatic nitrogens is 1. The molecular formula is C34H32BrClN2O5S. The first-order valence-electron chi connectivity index (χ1n) is 14.2. The third-order valence-electron chi connectivity index (χ3n) is 6.92. The Kier molecular flexibility index (Phi) is 9.78. The van der Waals surface area contributed by atoms with E-state index in [4.69, 9.17) is 25.8 Å². The summed E-state index contributed by atoms with van der Waals surface area (Å²) in [6, 6.07) is 18.4. The number of halogens is 2. The van der Waals surface area contributed by atoms with Crippen LogP contribution in [0.1, 0.15) is 56.0 Å². The summed E-state index contributed by atoms with van der Waals surface area (Å²) in [6.45, 7) is 9.95. The predicted molar refractivity (Wildman–Crippen MR) is 177 cm³/mol. The van der Waals surface area contributed by atoms with Gasteiger partial charge in [0.2, 0.25) is 0 Å². The number of ether oxygens (including phenoxy) is 3. The lowest BCUT2D eigenvalue weighted by Gasteiger charge is -2.26. The third kappa shape index (κ3) is 6.70. The van der Waals surface area contributed by atoms with E-state index in [-0.39, 0.29) is 18.3 Å². The van der Waals surface area contributed by atoms with Crippen molar-refractivity contribution in [1.82, 2.24) is 4.57 Å². The van der Waals surface area contributed by atoms with Crippen LogP contribution < -0.4 is 24.4 Å². The van der Waals surface area contributed by atoms with Gasteiger partial charge >= 0.3 is 5.97 Å². The first kappa shape index (κ1) is 31.8. The van der Waals surface area contributed by atoms with E-state index in [1.807, 2.05) is 75.4 Å². The Morgan fingerprint density at radius 1 is 1.14 bits per heavy atom. The Morgan fingerprint density at radius 2 is 1.86 bits per heavy atom. The zero-order chi connectivity index (χ0) is 31.5. The van der Waals surface area contributed by atoms with E-state index in [1.165, 1.54) is 16.9 Å². The van der Waals surface area contributed by atoms with E-state index < -0.39 is 12.0 Å². The maximum Gasteiger partial charge on any atom is 0.338 e. The summed E-state index contributed by atoms with van der Waals surface area (Å²) in [6.07, 6.45) is 1.65. The maximum atomic E-state index is 14.1. The molecule has 4 aromatic rings. The van der Waals surface area contributed by atoms with Gasteiger partial charge in [0.25, 0.3) is 5.56 Å². The monoisotopic (exact) mass is 694 g/mol. The lowest BCUT2D eigenvalue weighted by molar-refractivity contribution is -0.139. The minimum absolute atomic E-state index is 0.116. The molecule has 1 aromatic heterocycles. The number of thiazole rings is 1. The topological polar surface area (TPSA) is 79.1 Å². The van der Waals surface area contributed by atoms with Crippen molar-refractivity contribution in [3.05, 3.63) is 123 Å². The Hall–Kier alpha value is -3.66. The molecule has 3 aromatic carbocycles. The largest absolute Gasteiger partial charge is 0.491 e. The van der Waals surface area contributed by atoms with E-state index in [0.29, 0.717) is 59.3 Å². The molecule has 0 aliphatic carbocycles. The van der Waals surface area contributed by atoms with Crippen molar-refractivity contribution in [2.45, 2.75) is 53.4 Å². The molecule has 44 heavy (non-hydrogen) atoms. The molecule has 0 saturated carbocycles. The summed E-state index contributed by atoms with van der Waals surface area (Å²) in [5.41, 5.74) is 4.07. The Balaban J connectivity index is 1.58. The molecule has 0 spiro atoms. The van der Waals surface area contributed by atoms with Crippen LogP contribution in [0.15, 0.2) is 86.2 Å². The van der Waals surface area contributed by atoms with E-state index in [9.17, 15) is 9.59 Å². The summed E-state index contributed by atoms with van der Waals surface area (Å²) in [7, 11) is 0. The van der Waals surface area contributed by atoms with Gasteiger partial charge in [-0.05, 0) is 86.0 Å². The number of aryl methyl sites for hydroxylation is 1. The molecular weight excluding hydrogens is 664 g/mol. The van der Waals surface area contributed by atoms with Gasteiger partial charge in [0.05, 0.1) is 38.0 Å². The second kappa shape index (κ2) is 13.5. The standard InChI is InChI=1S/C34H32BrClN2O5S/c1-6-41-33(40)29-21(5)37-34-38(30(29)24-9-7-8-10-27(24)43-19(2)3)32(39)28(44-34)17-23-15-25(35)31(26(36)16-23)42-18-22-13-11-20(4)12-14-22/h7-17,19,30H,6,18H2,1-5H3/b28-17+/t30-/m1/s1. The number of hydrogen-bond acceptors (Lipinski definition) is 7. The number of carbonyl (C=O) groups excluding carboxylic acids is 1. The molecule has 5 rings (SSSR count). The molecule has 0 fully saturated rings. The highest BCUT2D eigenvalue weighted by Crippen LogP contribution is 2.37. The number of para-hydroxylation sites is 1. The van der Waals surface area contributed by atoms with E-state index in [1.54, 1.807) is 30.6 Å². The Morgan fingerprint density at radius 3 is 2.55 bits per heavy atom. The number of fused-ring (bicyclic) bond motifs is 1. The first-order chi connectivity index (χ1) is 21.1. The minimum Gasteiger partial charge on any atom is -0.491 e. The highest BCUT2D eigenvalue weighted by Gasteiger charge is 2.35. The van der Waals surface area contributed by atoms with Crippen LogP contribution in [-0.4, -0.2) is 23.2 Å². The molecule has 1 atom stereocenters. The smallest absolute Gasteiger partial charge is 0.338 e. The molecule has 2 heterocycles. The molecule has 1 aliphatic rings. The van der Waals surface area contributed by atoms with Crippen LogP contribution in [0, 0.1) is 6.92 Å². The highest BCUT2D eigenvalue weighted by molar-refractivity contribution is 9.10. The lowest BCUT2D eigenvalue weighted by Crippen LogP contribution is -2.40. The second-order valence-corrected chi connectivity index (χ2v) is 12.9. The fraction of sp³-hybridized carbons (Fsp3) is 0.265. The van der Waals surface area contributed by atoms with Gasteiger partial charge in [0.1, 0.15) is 18.4 Å². The van der Waals surface area contributed by atoms with Gasteiger partial charge in [-0.25, -0.2) is 9.79 Å². The zero-order valence-corrected chi connectivity index (χ0v) is 28.2. The molecule has 228 valence electrons. The van der Waals surface area contributed by atoms with Gasteiger partial charge < -0.3 is 14.2 Å². The average molecular weight is 696 g/mol. The van der Waals surface area contributed by atoms with Gasteiger partial charge in [0, 0.05) is 5.56 Å². The summed E-state index contributed by atoms with van der Waals surface area (Å²) < 4.78 is 20.2. The van der Waals surface area contributed by atoms with Crippen LogP contribution in [0.5, 0.6) is 11.5 Å². The van der Waals surface area contributed by atoms with Crippen molar-refractivity contribution in [1.29, 1.82) is 0 Å². The Labute approximate surface area is 273 Å². The molecule has 0 saturated heterocycles. The Bertz CT molecular complexity index is 1910. The van der Waals surface area contributed by atoms with Crippen molar-refractivity contribution in [3.63, 3.8) is 0 Å². The summed E-state index contributed by atoms with van der Waals surface area (Å²) in [4.78, 5) is 32.5. The minimum atomic E-state index is -0.782. The fourth-order valence-corrected chi connectivity index (χ4v) is 6.98. The summed E-state index contributed by atoms with van der Waals surface area (Å²) in [5.74, 6) is 0.571. The van der Waals surface area contributed by atoms with Gasteiger partial charge in [0.15, 0.2) is 10.6 Å². The molecule has 0 radical (unpaired) electrons. The summed E-state index contributed by atoms with van der Waals surface area (Å²) in [5, 5.41) is 0.406. The number of esters is 1. The van der Waals surface area contributed by atoms with Gasteiger partial charge in [-0.15, -0.1) is 0 Å². The van der Waals surface area contributed by atoms with Crippen molar-refractivity contribution in [2.24, 2.45) is 4.99 Å². The van der Waals surface area contributed by atoms with E-state index in [0.717, 1.165) is 5.56 Å². The SMILES string of the molecule is CCOC(=O)C1=C(C)N=c2s/c(=C/c3cc(Cl)c(OCc4ccc(C)cc4)c(Br)c3)c(=O)n2[C@@H]1c1ccccc1OC(C)C. The van der Waals surface area contributed by atoms with Crippen molar-refractivity contribution in [2.75, 3.05) is 6.61 Å². The number of rotatable bonds is 9. The molecule has 0 bridgehead atoms. The van der Waals surface area contributed by atoms with Crippen LogP contribution in [0.4, 0.5) is 0 Å². The van der Waals surface area contributed by atoms with Gasteiger partial charge in [-0.3, -0.25) is 9.36 Å². The number of nitrogens with zero attached hydrogens (tertiary/aromatic N) is 2. The lowest BCUT2D eigenvalue weighted by atomic mass is 9.95. The van der Waals surface area contributed by atoms with Crippen LogP contribution in [0.3, 0.4) is 0 Å². The third-order valence-corrected chi connectivity index (χ3v) is 8.77. The number of benzene rings is 3. The average Bonchev–Trinajstić information content (AvgIpc) is 3.26. The second-order valence-electron chi connectivity index (χ2n) is 10.6. The fourth-order valence-electron chi connectivity index (χ4n) is 4.95. The van der Waals surface area contributed by atoms with Crippen LogP contribution in [-0.2, 0) is 16.1 Å². The first-order valence-corrected chi connectivity index (χ1v) is 16.2. The van der Waals surface area contributed by atoms with Crippen LogP contribution >= 0.6 is 38.9 Å². The highest BCUT2D eigenvalue weighted by atomic mass is 79.9. The number of carbonyl (C=O) groups is 1. The predicted octanol–water partition coefficient (Wildman–Crippen LogP) is 6.89. The van der Waals surface area contributed by atoms with Crippen LogP contribution in [0.2, 0.25) is 5.02 Å². The van der Waals surface area contributed by atoms with Crippen molar-refractivity contribution < 1.29 is 19.0 Å². The molecule has 0 N–H and O–H groups in total. The molecule has 0 amide bonds. The van der Waals surface area contributed by atoms with E-state index in [2.05, 4.69) is 20.9 Å².